The van der Waals surface area contributed by atoms with Crippen LogP contribution in [0.1, 0.15) is 22.5 Å². The van der Waals surface area contributed by atoms with Gasteiger partial charge in [-0.15, -0.1) is 23.8 Å². The molecule has 135 valence electrons. The topological polar surface area (TPSA) is 48.5 Å². The molecule has 0 aliphatic rings. The van der Waals surface area contributed by atoms with E-state index in [0.717, 1.165) is 33.9 Å². The van der Waals surface area contributed by atoms with E-state index in [-0.39, 0.29) is 20.1 Å². The second-order valence-corrected chi connectivity index (χ2v) is 6.58. The number of hydrogen-bond acceptors (Lipinski definition) is 3. The average Bonchev–Trinajstić information content (AvgIpc) is 3.12. The van der Waals surface area contributed by atoms with E-state index in [4.69, 9.17) is 0 Å². The van der Waals surface area contributed by atoms with Gasteiger partial charge in [-0.1, -0.05) is 17.7 Å². The fraction of sp³-hybridized carbons (Fsp3) is 0.250. The molecule has 0 bridgehead atoms. The third kappa shape index (κ3) is 2.89. The quantitative estimate of drug-likeness (QED) is 0.376. The van der Waals surface area contributed by atoms with Crippen molar-refractivity contribution in [1.82, 2.24) is 24.3 Å². The van der Waals surface area contributed by atoms with Crippen molar-refractivity contribution in [3.63, 3.8) is 0 Å². The van der Waals surface area contributed by atoms with E-state index in [1.807, 2.05) is 30.8 Å². The van der Waals surface area contributed by atoms with Gasteiger partial charge in [0.25, 0.3) is 0 Å². The molecule has 5 nitrogen and oxygen atoms in total. The first-order chi connectivity index (χ1) is 12.0. The van der Waals surface area contributed by atoms with Crippen LogP contribution >= 0.6 is 0 Å². The van der Waals surface area contributed by atoms with Crippen LogP contribution in [-0.2, 0) is 27.2 Å². The third-order valence-corrected chi connectivity index (χ3v) is 4.67. The summed E-state index contributed by atoms with van der Waals surface area (Å²) in [5, 5.41) is 4.48. The Labute approximate surface area is 166 Å². The number of aromatic nitrogens is 5. The third-order valence-electron chi connectivity index (χ3n) is 4.67. The van der Waals surface area contributed by atoms with E-state index >= 15 is 0 Å². The van der Waals surface area contributed by atoms with Crippen molar-refractivity contribution < 1.29 is 20.1 Å². The maximum Gasteiger partial charge on any atom is 0.127 e. The zero-order valence-electron chi connectivity index (χ0n) is 15.5. The second kappa shape index (κ2) is 6.78. The Bertz CT molecular complexity index is 1080. The molecule has 0 amide bonds. The Hall–Kier alpha value is -2.30. The number of fused-ring (bicyclic) bond motifs is 1. The predicted molar refractivity (Wildman–Crippen MR) is 98.9 cm³/mol. The molecule has 2 aromatic carbocycles. The summed E-state index contributed by atoms with van der Waals surface area (Å²) in [6, 6.07) is 11.7. The predicted octanol–water partition coefficient (Wildman–Crippen LogP) is 3.85. The van der Waals surface area contributed by atoms with Gasteiger partial charge in [-0.05, 0) is 44.3 Å². The molecule has 0 aliphatic heterocycles. The molecule has 0 fully saturated rings. The standard InChI is InChI=1S/C20H20N5.Ir/c1-12-8-13(2)19(14(3)9-12)25-20(21-11-22-25)16-6-7-18-17(10-16)23-15(4)24(18)5;/h7-11H,1-5H3;/q-1;. The number of hydrogen-bond donors (Lipinski definition) is 0. The first-order valence-corrected chi connectivity index (χ1v) is 8.29. The molecule has 0 saturated heterocycles. The van der Waals surface area contributed by atoms with Gasteiger partial charge < -0.3 is 4.57 Å². The number of rotatable bonds is 2. The number of aryl methyl sites for hydroxylation is 5. The van der Waals surface area contributed by atoms with Crippen LogP contribution in [0.3, 0.4) is 0 Å². The maximum absolute atomic E-state index is 4.62. The molecule has 0 saturated carbocycles. The molecule has 0 atom stereocenters. The molecule has 2 aromatic heterocycles. The SMILES string of the molecule is Cc1cc(C)c(-n2ncnc2-c2[c-]cc3c(c2)nc(C)n3C)c(C)c1.[Ir]. The summed E-state index contributed by atoms with van der Waals surface area (Å²) in [6.07, 6.45) is 1.59. The van der Waals surface area contributed by atoms with Crippen LogP contribution in [0.2, 0.25) is 0 Å². The normalized spacial score (nSPS) is 11.0. The van der Waals surface area contributed by atoms with Crippen molar-refractivity contribution in [3.05, 3.63) is 59.2 Å². The van der Waals surface area contributed by atoms with Gasteiger partial charge in [-0.3, -0.25) is 14.6 Å². The van der Waals surface area contributed by atoms with Crippen molar-refractivity contribution >= 4 is 11.0 Å². The molecule has 1 radical (unpaired) electrons. The number of benzene rings is 2. The Morgan fingerprint density at radius 2 is 1.69 bits per heavy atom. The van der Waals surface area contributed by atoms with E-state index in [1.54, 1.807) is 6.33 Å². The Kier molecular flexibility index (Phi) is 4.82. The van der Waals surface area contributed by atoms with E-state index in [2.05, 4.69) is 58.6 Å². The van der Waals surface area contributed by atoms with Gasteiger partial charge >= 0.3 is 0 Å². The molecule has 0 spiro atoms. The van der Waals surface area contributed by atoms with Crippen LogP contribution in [-0.4, -0.2) is 24.3 Å². The van der Waals surface area contributed by atoms with E-state index in [0.29, 0.717) is 0 Å². The Balaban J connectivity index is 0.00000196. The summed E-state index contributed by atoms with van der Waals surface area (Å²) in [4.78, 5) is 9.11. The zero-order valence-corrected chi connectivity index (χ0v) is 17.9. The summed E-state index contributed by atoms with van der Waals surface area (Å²) in [6.45, 7) is 8.32. The van der Waals surface area contributed by atoms with Crippen LogP contribution in [0.15, 0.2) is 30.6 Å². The Morgan fingerprint density at radius 1 is 1.00 bits per heavy atom. The van der Waals surface area contributed by atoms with Crippen LogP contribution in [0.25, 0.3) is 28.1 Å². The van der Waals surface area contributed by atoms with E-state index < -0.39 is 0 Å². The Morgan fingerprint density at radius 3 is 2.38 bits per heavy atom. The van der Waals surface area contributed by atoms with Crippen LogP contribution in [0, 0.1) is 33.8 Å². The molecule has 2 heterocycles. The first-order valence-electron chi connectivity index (χ1n) is 8.29. The summed E-state index contributed by atoms with van der Waals surface area (Å²) < 4.78 is 3.96. The monoisotopic (exact) mass is 523 g/mol. The second-order valence-electron chi connectivity index (χ2n) is 6.58. The fourth-order valence-corrected chi connectivity index (χ4v) is 3.48. The average molecular weight is 523 g/mol. The van der Waals surface area contributed by atoms with Crippen LogP contribution < -0.4 is 0 Å². The van der Waals surface area contributed by atoms with Crippen molar-refractivity contribution in [2.75, 3.05) is 0 Å². The minimum atomic E-state index is 0. The molecule has 26 heavy (non-hydrogen) atoms. The summed E-state index contributed by atoms with van der Waals surface area (Å²) >= 11 is 0. The zero-order chi connectivity index (χ0) is 17.7. The van der Waals surface area contributed by atoms with Gasteiger partial charge in [0.2, 0.25) is 0 Å². The van der Waals surface area contributed by atoms with Crippen LogP contribution in [0.4, 0.5) is 0 Å². The smallest absolute Gasteiger partial charge is 0.127 e. The minimum absolute atomic E-state index is 0. The van der Waals surface area contributed by atoms with Crippen molar-refractivity contribution in [2.24, 2.45) is 7.05 Å². The number of nitrogens with zero attached hydrogens (tertiary/aromatic N) is 5. The van der Waals surface area contributed by atoms with Crippen molar-refractivity contribution in [3.8, 4) is 17.1 Å². The summed E-state index contributed by atoms with van der Waals surface area (Å²) in [5.74, 6) is 1.76. The van der Waals surface area contributed by atoms with E-state index in [9.17, 15) is 0 Å². The fourth-order valence-electron chi connectivity index (χ4n) is 3.48. The largest absolute Gasteiger partial charge is 0.371 e. The molecular formula is C20H20IrN5-. The number of imidazole rings is 1. The molecule has 6 heteroatoms. The molecule has 0 N–H and O–H groups in total. The van der Waals surface area contributed by atoms with Crippen molar-refractivity contribution in [1.29, 1.82) is 0 Å². The van der Waals surface area contributed by atoms with Gasteiger partial charge in [-0.25, -0.2) is 0 Å². The summed E-state index contributed by atoms with van der Waals surface area (Å²) in [5.41, 5.74) is 7.58. The van der Waals surface area contributed by atoms with Gasteiger partial charge in [0, 0.05) is 32.7 Å². The minimum Gasteiger partial charge on any atom is -0.371 e. The summed E-state index contributed by atoms with van der Waals surface area (Å²) in [7, 11) is 2.01. The van der Waals surface area contributed by atoms with Crippen LogP contribution in [0.5, 0.6) is 0 Å². The maximum atomic E-state index is 4.62. The molecular weight excluding hydrogens is 502 g/mol. The van der Waals surface area contributed by atoms with Gasteiger partial charge in [0.15, 0.2) is 0 Å². The molecule has 4 aromatic rings. The van der Waals surface area contributed by atoms with Gasteiger partial charge in [-0.2, -0.15) is 5.10 Å². The first kappa shape index (κ1) is 18.5. The van der Waals surface area contributed by atoms with Gasteiger partial charge in [0.05, 0.1) is 17.3 Å². The molecule has 4 rings (SSSR count). The van der Waals surface area contributed by atoms with Crippen molar-refractivity contribution in [2.45, 2.75) is 27.7 Å². The van der Waals surface area contributed by atoms with E-state index in [1.165, 1.54) is 16.7 Å². The molecule has 0 unspecified atom stereocenters. The molecule has 0 aliphatic carbocycles. The van der Waals surface area contributed by atoms with Gasteiger partial charge in [0.1, 0.15) is 6.33 Å².